The van der Waals surface area contributed by atoms with E-state index in [1.54, 1.807) is 20.0 Å². The van der Waals surface area contributed by atoms with E-state index in [0.717, 1.165) is 30.4 Å². The number of morpholine rings is 1. The Labute approximate surface area is 172 Å². The first-order chi connectivity index (χ1) is 14.4. The number of nitrogens with zero attached hydrogens (tertiary/aromatic N) is 4. The average molecular weight is 417 g/mol. The Morgan fingerprint density at radius 3 is 2.60 bits per heavy atom. The zero-order valence-corrected chi connectivity index (χ0v) is 16.7. The Kier molecular flexibility index (Phi) is 5.72. The van der Waals surface area contributed by atoms with Gasteiger partial charge in [0.05, 0.1) is 36.5 Å². The van der Waals surface area contributed by atoms with Crippen molar-refractivity contribution >= 4 is 22.5 Å². The minimum Gasteiger partial charge on any atom is -0.378 e. The third-order valence-corrected chi connectivity index (χ3v) is 5.13. The average Bonchev–Trinajstić information content (AvgIpc) is 2.74. The smallest absolute Gasteiger partial charge is 0.266 e. The van der Waals surface area contributed by atoms with Gasteiger partial charge >= 0.3 is 0 Å². The van der Waals surface area contributed by atoms with E-state index in [2.05, 4.69) is 25.2 Å². The summed E-state index contributed by atoms with van der Waals surface area (Å²) in [5, 5.41) is 3.90. The van der Waals surface area contributed by atoms with Gasteiger partial charge in [-0.2, -0.15) is 0 Å². The fourth-order valence-electron chi connectivity index (χ4n) is 3.57. The van der Waals surface area contributed by atoms with Crippen molar-refractivity contribution in [1.82, 2.24) is 15.0 Å². The lowest BCUT2D eigenvalue weighted by Crippen LogP contribution is -2.36. The number of alkyl halides is 2. The van der Waals surface area contributed by atoms with Crippen LogP contribution >= 0.6 is 0 Å². The molecule has 6 nitrogen and oxygen atoms in total. The molecule has 0 bridgehead atoms. The second-order valence-electron chi connectivity index (χ2n) is 7.20. The molecule has 1 aliphatic heterocycles. The molecule has 0 radical (unpaired) electrons. The van der Waals surface area contributed by atoms with Gasteiger partial charge in [-0.3, -0.25) is 0 Å². The van der Waals surface area contributed by atoms with Gasteiger partial charge in [0.1, 0.15) is 23.3 Å². The third-order valence-electron chi connectivity index (χ3n) is 5.13. The minimum absolute atomic E-state index is 0.152. The van der Waals surface area contributed by atoms with Crippen molar-refractivity contribution in [2.75, 3.05) is 36.5 Å². The molecule has 3 aromatic rings. The number of aromatic nitrogens is 3. The van der Waals surface area contributed by atoms with E-state index >= 15 is 0 Å². The molecular formula is C21H22F3N5O. The van der Waals surface area contributed by atoms with Crippen molar-refractivity contribution in [3.63, 3.8) is 0 Å². The standard InChI is InChI=1S/C21H22F3N5O/c1-12(14-4-3-5-15(19(14)22)20(23)24)26-21-16-10-18(29-6-8-30-9-7-29)25-11-17(16)27-13(2)28-21/h3-5,10-12,20H,6-9H2,1-2H3,(H,26,27,28)/t12-/m1/s1. The molecule has 1 N–H and O–H groups in total. The molecule has 0 saturated carbocycles. The lowest BCUT2D eigenvalue weighted by atomic mass is 10.0. The molecular weight excluding hydrogens is 395 g/mol. The van der Waals surface area contributed by atoms with E-state index in [9.17, 15) is 13.2 Å². The van der Waals surface area contributed by atoms with Crippen molar-refractivity contribution in [3.05, 3.63) is 53.2 Å². The summed E-state index contributed by atoms with van der Waals surface area (Å²) < 4.78 is 46.1. The Morgan fingerprint density at radius 2 is 1.87 bits per heavy atom. The highest BCUT2D eigenvalue weighted by Crippen LogP contribution is 2.31. The van der Waals surface area contributed by atoms with Gasteiger partial charge in [0.25, 0.3) is 6.43 Å². The van der Waals surface area contributed by atoms with Gasteiger partial charge in [-0.15, -0.1) is 0 Å². The highest BCUT2D eigenvalue weighted by molar-refractivity contribution is 5.90. The fourth-order valence-corrected chi connectivity index (χ4v) is 3.57. The van der Waals surface area contributed by atoms with Gasteiger partial charge in [0.2, 0.25) is 0 Å². The summed E-state index contributed by atoms with van der Waals surface area (Å²) in [6, 6.07) is 5.33. The van der Waals surface area contributed by atoms with E-state index in [-0.39, 0.29) is 5.56 Å². The maximum Gasteiger partial charge on any atom is 0.266 e. The van der Waals surface area contributed by atoms with Crippen molar-refractivity contribution < 1.29 is 17.9 Å². The number of benzene rings is 1. The molecule has 1 aromatic carbocycles. The topological polar surface area (TPSA) is 63.2 Å². The van der Waals surface area contributed by atoms with Crippen LogP contribution in [0.15, 0.2) is 30.5 Å². The predicted octanol–water partition coefficient (Wildman–Crippen LogP) is 4.42. The van der Waals surface area contributed by atoms with Crippen LogP contribution in [0.5, 0.6) is 0 Å². The number of halogens is 3. The molecule has 2 aromatic heterocycles. The molecule has 1 saturated heterocycles. The number of ether oxygens (including phenoxy) is 1. The van der Waals surface area contributed by atoms with Crippen LogP contribution in [0.25, 0.3) is 10.9 Å². The van der Waals surface area contributed by atoms with E-state index in [0.29, 0.717) is 30.4 Å². The molecule has 4 rings (SSSR count). The summed E-state index contributed by atoms with van der Waals surface area (Å²) in [6.45, 7) is 6.19. The molecule has 1 aliphatic rings. The normalized spacial score (nSPS) is 15.6. The Balaban J connectivity index is 1.70. The molecule has 158 valence electrons. The molecule has 1 fully saturated rings. The van der Waals surface area contributed by atoms with Gasteiger partial charge in [0, 0.05) is 24.0 Å². The molecule has 9 heteroatoms. The lowest BCUT2D eigenvalue weighted by Gasteiger charge is -2.28. The first-order valence-electron chi connectivity index (χ1n) is 9.74. The van der Waals surface area contributed by atoms with Crippen LogP contribution in [0, 0.1) is 12.7 Å². The Morgan fingerprint density at radius 1 is 1.13 bits per heavy atom. The third kappa shape index (κ3) is 4.02. The molecule has 0 spiro atoms. The number of hydrogen-bond donors (Lipinski definition) is 1. The number of nitrogens with one attached hydrogen (secondary N) is 1. The lowest BCUT2D eigenvalue weighted by molar-refractivity contribution is 0.122. The van der Waals surface area contributed by atoms with E-state index in [1.807, 2.05) is 6.07 Å². The van der Waals surface area contributed by atoms with Gasteiger partial charge in [-0.05, 0) is 19.9 Å². The first-order valence-corrected chi connectivity index (χ1v) is 9.74. The van der Waals surface area contributed by atoms with Crippen molar-refractivity contribution in [1.29, 1.82) is 0 Å². The van der Waals surface area contributed by atoms with Gasteiger partial charge in [0.15, 0.2) is 0 Å². The summed E-state index contributed by atoms with van der Waals surface area (Å²) in [5.41, 5.74) is 0.194. The molecule has 0 amide bonds. The largest absolute Gasteiger partial charge is 0.378 e. The zero-order chi connectivity index (χ0) is 21.3. The number of hydrogen-bond acceptors (Lipinski definition) is 6. The predicted molar refractivity (Wildman–Crippen MR) is 108 cm³/mol. The SMILES string of the molecule is Cc1nc(N[C@H](C)c2cccc(C(F)F)c2F)c2cc(N3CCOCC3)ncc2n1. The van der Waals surface area contributed by atoms with Gasteiger partial charge < -0.3 is 15.0 Å². The van der Waals surface area contributed by atoms with Crippen molar-refractivity contribution in [2.24, 2.45) is 0 Å². The Hall–Kier alpha value is -2.94. The van der Waals surface area contributed by atoms with Crippen LogP contribution in [0.2, 0.25) is 0 Å². The van der Waals surface area contributed by atoms with E-state index in [1.165, 1.54) is 12.1 Å². The number of anilines is 2. The van der Waals surface area contributed by atoms with Gasteiger partial charge in [-0.25, -0.2) is 28.1 Å². The van der Waals surface area contributed by atoms with Crippen LogP contribution in [0.4, 0.5) is 24.8 Å². The first kappa shape index (κ1) is 20.3. The van der Waals surface area contributed by atoms with Crippen LogP contribution in [0.1, 0.15) is 36.3 Å². The number of pyridine rings is 1. The van der Waals surface area contributed by atoms with Crippen LogP contribution in [-0.4, -0.2) is 41.3 Å². The van der Waals surface area contributed by atoms with Crippen LogP contribution in [-0.2, 0) is 4.74 Å². The van der Waals surface area contributed by atoms with Crippen molar-refractivity contribution in [2.45, 2.75) is 26.3 Å². The number of aryl methyl sites for hydroxylation is 1. The van der Waals surface area contributed by atoms with E-state index in [4.69, 9.17) is 4.74 Å². The molecule has 0 unspecified atom stereocenters. The van der Waals surface area contributed by atoms with Crippen LogP contribution < -0.4 is 10.2 Å². The molecule has 3 heterocycles. The number of rotatable bonds is 5. The van der Waals surface area contributed by atoms with Crippen LogP contribution in [0.3, 0.4) is 0 Å². The maximum atomic E-state index is 14.6. The molecule has 30 heavy (non-hydrogen) atoms. The summed E-state index contributed by atoms with van der Waals surface area (Å²) in [6.07, 6.45) is -1.19. The fraction of sp³-hybridized carbons (Fsp3) is 0.381. The maximum absolute atomic E-state index is 14.6. The van der Waals surface area contributed by atoms with Crippen molar-refractivity contribution in [3.8, 4) is 0 Å². The van der Waals surface area contributed by atoms with Gasteiger partial charge in [-0.1, -0.05) is 18.2 Å². The summed E-state index contributed by atoms with van der Waals surface area (Å²) in [7, 11) is 0. The second kappa shape index (κ2) is 8.43. The highest BCUT2D eigenvalue weighted by Gasteiger charge is 2.21. The number of fused-ring (bicyclic) bond motifs is 1. The summed E-state index contributed by atoms with van der Waals surface area (Å²) in [4.78, 5) is 15.5. The quantitative estimate of drug-likeness (QED) is 0.663. The summed E-state index contributed by atoms with van der Waals surface area (Å²) in [5.74, 6) is 0.904. The molecule has 1 atom stereocenters. The summed E-state index contributed by atoms with van der Waals surface area (Å²) >= 11 is 0. The molecule has 0 aliphatic carbocycles. The zero-order valence-electron chi connectivity index (χ0n) is 16.7. The minimum atomic E-state index is -2.87. The second-order valence-corrected chi connectivity index (χ2v) is 7.20. The Bertz CT molecular complexity index is 1060. The highest BCUT2D eigenvalue weighted by atomic mass is 19.3. The van der Waals surface area contributed by atoms with E-state index < -0.39 is 23.8 Å². The monoisotopic (exact) mass is 417 g/mol.